The third-order valence-electron chi connectivity index (χ3n) is 6.03. The van der Waals surface area contributed by atoms with Crippen LogP contribution >= 0.6 is 0 Å². The summed E-state index contributed by atoms with van der Waals surface area (Å²) in [6, 6.07) is 17.1. The zero-order valence-electron chi connectivity index (χ0n) is 16.6. The first kappa shape index (κ1) is 18.9. The molecule has 0 spiro atoms. The first-order valence-electron chi connectivity index (χ1n) is 10.0. The topological polar surface area (TPSA) is 43.8 Å². The van der Waals surface area contributed by atoms with E-state index in [2.05, 4.69) is 66.4 Å². The Bertz CT molecular complexity index is 857. The lowest BCUT2D eigenvalue weighted by Gasteiger charge is -2.59. The van der Waals surface area contributed by atoms with Crippen LogP contribution in [0.15, 0.2) is 54.6 Å². The van der Waals surface area contributed by atoms with E-state index in [1.54, 1.807) is 0 Å². The number of nitrogens with zero attached hydrogens (tertiary/aromatic N) is 2. The lowest BCUT2D eigenvalue weighted by molar-refractivity contribution is -0.162. The third kappa shape index (κ3) is 3.50. The monoisotopic (exact) mass is 376 g/mol. The fourth-order valence-corrected chi connectivity index (χ4v) is 4.66. The van der Waals surface area contributed by atoms with E-state index in [-0.39, 0.29) is 30.5 Å². The van der Waals surface area contributed by atoms with Crippen molar-refractivity contribution in [3.05, 3.63) is 76.9 Å². The number of aliphatic hydroxyl groups excluding tert-OH is 1. The van der Waals surface area contributed by atoms with Crippen LogP contribution in [0.1, 0.15) is 35.1 Å². The summed E-state index contributed by atoms with van der Waals surface area (Å²) in [5.74, 6) is 0.318. The summed E-state index contributed by atoms with van der Waals surface area (Å²) >= 11 is 0. The number of allylic oxidation sites excluding steroid dienone is 1. The summed E-state index contributed by atoms with van der Waals surface area (Å²) in [5.41, 5.74) is 4.86. The molecule has 1 amide bonds. The van der Waals surface area contributed by atoms with Crippen LogP contribution in [0.4, 0.5) is 0 Å². The molecule has 0 radical (unpaired) electrons. The van der Waals surface area contributed by atoms with Gasteiger partial charge in [0.1, 0.15) is 0 Å². The van der Waals surface area contributed by atoms with Crippen molar-refractivity contribution in [2.45, 2.75) is 38.4 Å². The Labute approximate surface area is 167 Å². The van der Waals surface area contributed by atoms with Crippen LogP contribution in [-0.4, -0.2) is 52.6 Å². The number of amides is 1. The van der Waals surface area contributed by atoms with E-state index >= 15 is 0 Å². The molecular formula is C24H28N2O2. The molecule has 2 aliphatic rings. The zero-order chi connectivity index (χ0) is 19.7. The van der Waals surface area contributed by atoms with Gasteiger partial charge in [-0.2, -0.15) is 0 Å². The molecule has 4 rings (SSSR count). The van der Waals surface area contributed by atoms with Crippen LogP contribution in [0.2, 0.25) is 0 Å². The quantitative estimate of drug-likeness (QED) is 0.872. The standard InChI is InChI=1S/C24H28N2O2/c1-3-4-18-9-11-20(12-10-18)24-21-14-25(13-19-7-5-17(2)6-8-19)15-23(28)26(21)22(24)16-27/h3-12,21-22,24,27H,13-16H2,1-2H3/b4-3+/t21-,22+,24+/m0/s1. The SMILES string of the molecule is C/C=C/c1ccc([C@H]2[C@@H](CO)N3C(=O)CN(Cc4ccc(C)cc4)C[C@@H]23)cc1. The Kier molecular flexibility index (Phi) is 5.33. The number of benzene rings is 2. The molecule has 2 saturated heterocycles. The lowest BCUT2D eigenvalue weighted by atomic mass is 9.73. The van der Waals surface area contributed by atoms with Crippen molar-refractivity contribution < 1.29 is 9.90 Å². The second kappa shape index (κ2) is 7.90. The number of piperazine rings is 1. The molecule has 1 N–H and O–H groups in total. The van der Waals surface area contributed by atoms with Gasteiger partial charge in [0.2, 0.25) is 5.91 Å². The molecule has 2 heterocycles. The molecule has 0 unspecified atom stereocenters. The van der Waals surface area contributed by atoms with Gasteiger partial charge in [-0.15, -0.1) is 0 Å². The molecular weight excluding hydrogens is 348 g/mol. The highest BCUT2D eigenvalue weighted by atomic mass is 16.3. The third-order valence-corrected chi connectivity index (χ3v) is 6.03. The summed E-state index contributed by atoms with van der Waals surface area (Å²) in [7, 11) is 0. The van der Waals surface area contributed by atoms with E-state index in [1.165, 1.54) is 22.3 Å². The van der Waals surface area contributed by atoms with Crippen LogP contribution in [0.3, 0.4) is 0 Å². The maximum absolute atomic E-state index is 12.8. The Morgan fingerprint density at radius 2 is 1.82 bits per heavy atom. The minimum absolute atomic E-state index is 0.0154. The van der Waals surface area contributed by atoms with E-state index in [4.69, 9.17) is 0 Å². The molecule has 0 saturated carbocycles. The average Bonchev–Trinajstić information content (AvgIpc) is 2.67. The molecule has 2 fully saturated rings. The van der Waals surface area contributed by atoms with E-state index in [0.717, 1.165) is 13.1 Å². The Morgan fingerprint density at radius 3 is 2.46 bits per heavy atom. The minimum Gasteiger partial charge on any atom is -0.394 e. The predicted molar refractivity (Wildman–Crippen MR) is 112 cm³/mol. The fourth-order valence-electron chi connectivity index (χ4n) is 4.66. The fraction of sp³-hybridized carbons (Fsp3) is 0.375. The predicted octanol–water partition coefficient (Wildman–Crippen LogP) is 3.20. The van der Waals surface area contributed by atoms with Gasteiger partial charge in [-0.1, -0.05) is 66.2 Å². The van der Waals surface area contributed by atoms with Crippen LogP contribution in [0.25, 0.3) is 6.08 Å². The zero-order valence-corrected chi connectivity index (χ0v) is 16.6. The van der Waals surface area contributed by atoms with Gasteiger partial charge in [0.25, 0.3) is 0 Å². The molecule has 0 bridgehead atoms. The summed E-state index contributed by atoms with van der Waals surface area (Å²) < 4.78 is 0. The number of aryl methyl sites for hydroxylation is 1. The summed E-state index contributed by atoms with van der Waals surface area (Å²) in [6.07, 6.45) is 4.10. The second-order valence-electron chi connectivity index (χ2n) is 7.97. The maximum Gasteiger partial charge on any atom is 0.237 e. The second-order valence-corrected chi connectivity index (χ2v) is 7.97. The van der Waals surface area contributed by atoms with E-state index < -0.39 is 0 Å². The highest BCUT2D eigenvalue weighted by molar-refractivity contribution is 5.81. The van der Waals surface area contributed by atoms with E-state index in [0.29, 0.717) is 6.54 Å². The van der Waals surface area contributed by atoms with Gasteiger partial charge < -0.3 is 10.0 Å². The number of aliphatic hydroxyl groups is 1. The van der Waals surface area contributed by atoms with Gasteiger partial charge in [-0.05, 0) is 30.5 Å². The molecule has 2 aromatic rings. The van der Waals surface area contributed by atoms with Gasteiger partial charge in [0.15, 0.2) is 0 Å². The molecule has 4 nitrogen and oxygen atoms in total. The summed E-state index contributed by atoms with van der Waals surface area (Å²) in [4.78, 5) is 16.9. The van der Waals surface area contributed by atoms with Gasteiger partial charge >= 0.3 is 0 Å². The largest absolute Gasteiger partial charge is 0.394 e. The summed E-state index contributed by atoms with van der Waals surface area (Å²) in [6.45, 7) is 6.16. The molecule has 0 aromatic heterocycles. The average molecular weight is 377 g/mol. The molecule has 0 aliphatic carbocycles. The summed E-state index contributed by atoms with van der Waals surface area (Å²) in [5, 5.41) is 9.92. The van der Waals surface area contributed by atoms with Crippen LogP contribution in [0, 0.1) is 6.92 Å². The number of hydrogen-bond acceptors (Lipinski definition) is 3. The van der Waals surface area contributed by atoms with E-state index in [1.807, 2.05) is 17.9 Å². The first-order valence-corrected chi connectivity index (χ1v) is 10.0. The minimum atomic E-state index is -0.105. The van der Waals surface area contributed by atoms with Crippen LogP contribution in [-0.2, 0) is 11.3 Å². The van der Waals surface area contributed by atoms with Gasteiger partial charge in [0.05, 0.1) is 25.2 Å². The van der Waals surface area contributed by atoms with Crippen LogP contribution < -0.4 is 0 Å². The van der Waals surface area contributed by atoms with Gasteiger partial charge in [-0.25, -0.2) is 0 Å². The van der Waals surface area contributed by atoms with Crippen molar-refractivity contribution in [2.24, 2.45) is 0 Å². The smallest absolute Gasteiger partial charge is 0.237 e. The highest BCUT2D eigenvalue weighted by Gasteiger charge is 2.53. The van der Waals surface area contributed by atoms with Crippen molar-refractivity contribution in [2.75, 3.05) is 19.7 Å². The van der Waals surface area contributed by atoms with Gasteiger partial charge in [-0.3, -0.25) is 9.69 Å². The van der Waals surface area contributed by atoms with Crippen molar-refractivity contribution in [3.63, 3.8) is 0 Å². The van der Waals surface area contributed by atoms with Gasteiger partial charge in [0, 0.05) is 19.0 Å². The molecule has 2 aromatic carbocycles. The number of carbonyl (C=O) groups is 1. The Morgan fingerprint density at radius 1 is 1.11 bits per heavy atom. The molecule has 3 atom stereocenters. The number of rotatable bonds is 5. The first-order chi connectivity index (χ1) is 13.6. The molecule has 146 valence electrons. The molecule has 4 heteroatoms. The van der Waals surface area contributed by atoms with Crippen LogP contribution in [0.5, 0.6) is 0 Å². The van der Waals surface area contributed by atoms with Crippen molar-refractivity contribution in [1.82, 2.24) is 9.80 Å². The van der Waals surface area contributed by atoms with Crippen molar-refractivity contribution in [1.29, 1.82) is 0 Å². The maximum atomic E-state index is 12.8. The van der Waals surface area contributed by atoms with Crippen molar-refractivity contribution >= 4 is 12.0 Å². The van der Waals surface area contributed by atoms with Crippen molar-refractivity contribution in [3.8, 4) is 0 Å². The highest BCUT2D eigenvalue weighted by Crippen LogP contribution is 2.43. The Balaban J connectivity index is 1.52. The van der Waals surface area contributed by atoms with E-state index in [9.17, 15) is 9.90 Å². The number of hydrogen-bond donors (Lipinski definition) is 1. The Hall–Kier alpha value is -2.43. The number of carbonyl (C=O) groups excluding carboxylic acids is 1. The lowest BCUT2D eigenvalue weighted by Crippen LogP contribution is -2.72. The molecule has 2 aliphatic heterocycles. The normalized spacial score (nSPS) is 25.0. The molecule has 28 heavy (non-hydrogen) atoms. The number of fused-ring (bicyclic) bond motifs is 1.